The molecule has 1 aliphatic heterocycles. The summed E-state index contributed by atoms with van der Waals surface area (Å²) in [4.78, 5) is 30.7. The van der Waals surface area contributed by atoms with Crippen LogP contribution in [0.4, 0.5) is 5.69 Å². The van der Waals surface area contributed by atoms with Crippen LogP contribution in [0.25, 0.3) is 0 Å². The summed E-state index contributed by atoms with van der Waals surface area (Å²) in [6.07, 6.45) is -0.000453. The monoisotopic (exact) mass is 460 g/mol. The SMILES string of the molecule is CCN(CC)CCN1C(=O)C(Cc2cccc(OC)c2)(C(=O)OC)Oc2ccc(Cl)cc21. The van der Waals surface area contributed by atoms with E-state index in [4.69, 9.17) is 25.8 Å². The number of carbonyl (C=O) groups excluding carboxylic acids is 2. The van der Waals surface area contributed by atoms with Crippen molar-refractivity contribution < 1.29 is 23.8 Å². The van der Waals surface area contributed by atoms with Crippen molar-refractivity contribution in [3.8, 4) is 11.5 Å². The molecule has 2 aromatic rings. The van der Waals surface area contributed by atoms with Gasteiger partial charge in [-0.1, -0.05) is 37.6 Å². The number of rotatable bonds is 9. The number of hydrogen-bond donors (Lipinski definition) is 0. The summed E-state index contributed by atoms with van der Waals surface area (Å²) in [7, 11) is 2.82. The number of halogens is 1. The quantitative estimate of drug-likeness (QED) is 0.421. The summed E-state index contributed by atoms with van der Waals surface area (Å²) >= 11 is 6.22. The van der Waals surface area contributed by atoms with Gasteiger partial charge in [0.25, 0.3) is 11.5 Å². The van der Waals surface area contributed by atoms with E-state index in [1.54, 1.807) is 48.4 Å². The summed E-state index contributed by atoms with van der Waals surface area (Å²) in [6.45, 7) is 6.86. The van der Waals surface area contributed by atoms with Gasteiger partial charge in [0.05, 0.1) is 19.9 Å². The number of anilines is 1. The largest absolute Gasteiger partial charge is 0.497 e. The Labute approximate surface area is 193 Å². The second kappa shape index (κ2) is 10.2. The number of ether oxygens (including phenoxy) is 3. The van der Waals surface area contributed by atoms with Crippen molar-refractivity contribution in [2.45, 2.75) is 25.9 Å². The van der Waals surface area contributed by atoms with Crippen LogP contribution in [-0.2, 0) is 20.7 Å². The van der Waals surface area contributed by atoms with Gasteiger partial charge in [0.2, 0.25) is 0 Å². The lowest BCUT2D eigenvalue weighted by atomic mass is 9.90. The van der Waals surface area contributed by atoms with E-state index >= 15 is 0 Å². The lowest BCUT2D eigenvalue weighted by molar-refractivity contribution is -0.165. The first kappa shape index (κ1) is 23.9. The number of hydrogen-bond acceptors (Lipinski definition) is 6. The van der Waals surface area contributed by atoms with Gasteiger partial charge >= 0.3 is 5.97 Å². The second-order valence-corrected chi connectivity index (χ2v) is 7.98. The first-order valence-corrected chi connectivity index (χ1v) is 11.0. The van der Waals surface area contributed by atoms with Gasteiger partial charge in [0, 0.05) is 24.5 Å². The number of benzene rings is 2. The van der Waals surface area contributed by atoms with Crippen molar-refractivity contribution in [1.82, 2.24) is 4.90 Å². The molecule has 0 saturated heterocycles. The van der Waals surface area contributed by atoms with E-state index in [1.165, 1.54) is 7.11 Å². The van der Waals surface area contributed by atoms with Crippen LogP contribution in [0.15, 0.2) is 42.5 Å². The number of methoxy groups -OCH3 is 2. The lowest BCUT2D eigenvalue weighted by Crippen LogP contribution is -2.63. The summed E-state index contributed by atoms with van der Waals surface area (Å²) in [6, 6.07) is 12.2. The molecule has 0 aliphatic carbocycles. The van der Waals surface area contributed by atoms with Crippen LogP contribution in [0.2, 0.25) is 5.02 Å². The van der Waals surface area contributed by atoms with Crippen molar-refractivity contribution in [3.05, 3.63) is 53.1 Å². The van der Waals surface area contributed by atoms with Crippen LogP contribution >= 0.6 is 11.6 Å². The van der Waals surface area contributed by atoms with E-state index in [0.717, 1.165) is 13.1 Å². The normalized spacial score (nSPS) is 17.7. The molecular weight excluding hydrogens is 432 g/mol. The van der Waals surface area contributed by atoms with Crippen molar-refractivity contribution in [2.75, 3.05) is 45.3 Å². The molecular formula is C24H29ClN2O5. The summed E-state index contributed by atoms with van der Waals surface area (Å²) in [5.74, 6) is -0.203. The van der Waals surface area contributed by atoms with Gasteiger partial charge in [0.1, 0.15) is 11.5 Å². The maximum absolute atomic E-state index is 13.9. The fourth-order valence-electron chi connectivity index (χ4n) is 3.90. The molecule has 0 fully saturated rings. The van der Waals surface area contributed by atoms with E-state index in [-0.39, 0.29) is 6.42 Å². The second-order valence-electron chi connectivity index (χ2n) is 7.54. The average Bonchev–Trinajstić information content (AvgIpc) is 2.81. The Hall–Kier alpha value is -2.77. The molecule has 32 heavy (non-hydrogen) atoms. The molecule has 0 radical (unpaired) electrons. The van der Waals surface area contributed by atoms with Crippen LogP contribution in [0.3, 0.4) is 0 Å². The molecule has 1 atom stereocenters. The number of likely N-dealkylation sites (N-methyl/N-ethyl adjacent to an activating group) is 1. The molecule has 0 bridgehead atoms. The van der Waals surface area contributed by atoms with E-state index in [0.29, 0.717) is 40.9 Å². The number of carbonyl (C=O) groups is 2. The first-order chi connectivity index (χ1) is 15.4. The highest BCUT2D eigenvalue weighted by Crippen LogP contribution is 2.41. The van der Waals surface area contributed by atoms with Crippen LogP contribution in [-0.4, -0.2) is 62.8 Å². The zero-order valence-corrected chi connectivity index (χ0v) is 19.6. The molecule has 0 N–H and O–H groups in total. The van der Waals surface area contributed by atoms with Gasteiger partial charge in [-0.05, 0) is 49.0 Å². The topological polar surface area (TPSA) is 68.3 Å². The van der Waals surface area contributed by atoms with E-state index in [1.807, 2.05) is 6.07 Å². The third-order valence-electron chi connectivity index (χ3n) is 5.72. The van der Waals surface area contributed by atoms with Gasteiger partial charge in [-0.15, -0.1) is 0 Å². The zero-order valence-electron chi connectivity index (χ0n) is 18.9. The average molecular weight is 461 g/mol. The number of esters is 1. The number of amides is 1. The van der Waals surface area contributed by atoms with Crippen LogP contribution in [0.1, 0.15) is 19.4 Å². The number of fused-ring (bicyclic) bond motifs is 1. The predicted octanol–water partition coefficient (Wildman–Crippen LogP) is 3.57. The molecule has 8 heteroatoms. The Bertz CT molecular complexity index is 979. The molecule has 2 aromatic carbocycles. The minimum Gasteiger partial charge on any atom is -0.497 e. The molecule has 0 saturated carbocycles. The maximum atomic E-state index is 13.9. The Morgan fingerprint density at radius 2 is 1.91 bits per heavy atom. The van der Waals surface area contributed by atoms with Crippen molar-refractivity contribution in [1.29, 1.82) is 0 Å². The maximum Gasteiger partial charge on any atom is 0.360 e. The lowest BCUT2D eigenvalue weighted by Gasteiger charge is -2.41. The first-order valence-electron chi connectivity index (χ1n) is 10.6. The fraction of sp³-hybridized carbons (Fsp3) is 0.417. The molecule has 3 rings (SSSR count). The van der Waals surface area contributed by atoms with Gasteiger partial charge in [-0.3, -0.25) is 4.79 Å². The molecule has 1 heterocycles. The molecule has 1 amide bonds. The highest BCUT2D eigenvalue weighted by Gasteiger charge is 2.55. The van der Waals surface area contributed by atoms with Gasteiger partial charge < -0.3 is 24.0 Å². The van der Waals surface area contributed by atoms with Crippen molar-refractivity contribution >= 4 is 29.2 Å². The van der Waals surface area contributed by atoms with Gasteiger partial charge in [0.15, 0.2) is 0 Å². The minimum atomic E-state index is -1.86. The predicted molar refractivity (Wildman–Crippen MR) is 124 cm³/mol. The summed E-state index contributed by atoms with van der Waals surface area (Å²) in [5.41, 5.74) is -0.602. The van der Waals surface area contributed by atoms with Crippen LogP contribution < -0.4 is 14.4 Å². The fourth-order valence-corrected chi connectivity index (χ4v) is 4.06. The van der Waals surface area contributed by atoms with Crippen molar-refractivity contribution in [3.63, 3.8) is 0 Å². The van der Waals surface area contributed by atoms with E-state index in [2.05, 4.69) is 18.7 Å². The third-order valence-corrected chi connectivity index (χ3v) is 5.96. The third kappa shape index (κ3) is 4.69. The Morgan fingerprint density at radius 3 is 2.56 bits per heavy atom. The molecule has 7 nitrogen and oxygen atoms in total. The summed E-state index contributed by atoms with van der Waals surface area (Å²) < 4.78 is 16.5. The highest BCUT2D eigenvalue weighted by molar-refractivity contribution is 6.31. The molecule has 0 aromatic heterocycles. The van der Waals surface area contributed by atoms with E-state index < -0.39 is 17.5 Å². The molecule has 172 valence electrons. The van der Waals surface area contributed by atoms with E-state index in [9.17, 15) is 9.59 Å². The van der Waals surface area contributed by atoms with Crippen LogP contribution in [0.5, 0.6) is 11.5 Å². The highest BCUT2D eigenvalue weighted by atomic mass is 35.5. The Balaban J connectivity index is 2.07. The standard InChI is InChI=1S/C24H29ClN2O5/c1-5-26(6-2)12-13-27-20-15-18(25)10-11-21(20)32-24(22(27)28,23(29)31-4)16-17-8-7-9-19(14-17)30-3/h7-11,14-15H,5-6,12-13,16H2,1-4H3. The summed E-state index contributed by atoms with van der Waals surface area (Å²) in [5, 5.41) is 0.478. The van der Waals surface area contributed by atoms with Gasteiger partial charge in [-0.25, -0.2) is 4.79 Å². The Morgan fingerprint density at radius 1 is 1.16 bits per heavy atom. The smallest absolute Gasteiger partial charge is 0.360 e. The zero-order chi connectivity index (χ0) is 23.3. The molecule has 1 aliphatic rings. The van der Waals surface area contributed by atoms with Crippen molar-refractivity contribution in [2.24, 2.45) is 0 Å². The van der Waals surface area contributed by atoms with Crippen LogP contribution in [0, 0.1) is 0 Å². The minimum absolute atomic E-state index is 0.000453. The Kier molecular flexibility index (Phi) is 7.64. The molecule has 0 spiro atoms. The van der Waals surface area contributed by atoms with Gasteiger partial charge in [-0.2, -0.15) is 0 Å². The molecule has 1 unspecified atom stereocenters. The number of nitrogens with zero attached hydrogens (tertiary/aromatic N) is 2.